The monoisotopic (exact) mass is 743 g/mol. The molecule has 1 atom stereocenters. The summed E-state index contributed by atoms with van der Waals surface area (Å²) in [6.07, 6.45) is -2.03. The summed E-state index contributed by atoms with van der Waals surface area (Å²) in [4.78, 5) is 17.0. The van der Waals surface area contributed by atoms with Crippen molar-refractivity contribution in [2.24, 2.45) is 5.41 Å². The molecule has 3 saturated heterocycles. The Kier molecular flexibility index (Phi) is 9.72. The van der Waals surface area contributed by atoms with Crippen LogP contribution in [0.3, 0.4) is 0 Å². The minimum absolute atomic E-state index is 0.0723. The molecule has 1 spiro atoms. The zero-order valence-electron chi connectivity index (χ0n) is 29.2. The summed E-state index contributed by atoms with van der Waals surface area (Å²) in [6.45, 7) is 9.21. The molecule has 4 aromatic rings. The van der Waals surface area contributed by atoms with Crippen molar-refractivity contribution in [2.45, 2.75) is 63.5 Å². The van der Waals surface area contributed by atoms with E-state index < -0.39 is 22.6 Å². The molecule has 51 heavy (non-hydrogen) atoms. The van der Waals surface area contributed by atoms with Crippen molar-refractivity contribution in [1.82, 2.24) is 29.1 Å². The van der Waals surface area contributed by atoms with Gasteiger partial charge in [0.25, 0.3) is 0 Å². The summed E-state index contributed by atoms with van der Waals surface area (Å²) in [5.74, 6) is 1.11. The molecule has 3 aliphatic rings. The van der Waals surface area contributed by atoms with Gasteiger partial charge in [-0.05, 0) is 88.6 Å². The highest BCUT2D eigenvalue weighted by atomic mass is 32.2. The first-order valence-electron chi connectivity index (χ1n) is 17.5. The molecule has 0 aliphatic carbocycles. The predicted octanol–water partition coefficient (Wildman–Crippen LogP) is 5.09. The van der Waals surface area contributed by atoms with Crippen LogP contribution in [0.1, 0.15) is 47.4 Å². The van der Waals surface area contributed by atoms with Gasteiger partial charge in [0.05, 0.1) is 17.1 Å². The summed E-state index contributed by atoms with van der Waals surface area (Å²) in [5.41, 5.74) is 4.14. The normalized spacial score (nSPS) is 21.1. The first-order valence-corrected chi connectivity index (χ1v) is 19.9. The van der Waals surface area contributed by atoms with Crippen molar-refractivity contribution >= 4 is 54.2 Å². The molecule has 1 aromatic carbocycles. The SMILES string of the molecule is CNc1nc(N2CCC3(CCN(Cc4ccc5c(cc(C#N)n5CCN5CCC(S(=O)(=O)NC)CC5)c4C)C3)C2)c2cc(CC(F)(F)F)sc2n1. The lowest BCUT2D eigenvalue weighted by Gasteiger charge is -2.31. The molecule has 3 aromatic heterocycles. The number of piperidine rings is 1. The van der Waals surface area contributed by atoms with Crippen LogP contribution in [-0.2, 0) is 29.5 Å². The number of benzene rings is 1. The molecule has 0 saturated carbocycles. The molecule has 6 heterocycles. The third-order valence-electron chi connectivity index (χ3n) is 11.2. The molecule has 0 bridgehead atoms. The van der Waals surface area contributed by atoms with E-state index in [1.54, 1.807) is 13.1 Å². The van der Waals surface area contributed by atoms with Gasteiger partial charge in [0.15, 0.2) is 0 Å². The first-order chi connectivity index (χ1) is 24.3. The van der Waals surface area contributed by atoms with Crippen LogP contribution in [0.15, 0.2) is 24.3 Å². The fourth-order valence-corrected chi connectivity index (χ4v) is 10.5. The first kappa shape index (κ1) is 35.9. The smallest absolute Gasteiger partial charge is 0.357 e. The Bertz CT molecular complexity index is 2080. The highest BCUT2D eigenvalue weighted by Crippen LogP contribution is 2.44. The van der Waals surface area contributed by atoms with E-state index in [0.29, 0.717) is 60.2 Å². The van der Waals surface area contributed by atoms with E-state index in [2.05, 4.69) is 59.4 Å². The number of sulfonamides is 1. The van der Waals surface area contributed by atoms with Crippen LogP contribution in [0.4, 0.5) is 24.9 Å². The second-order valence-corrected chi connectivity index (χ2v) is 17.6. The Morgan fingerprint density at radius 1 is 1.02 bits per heavy atom. The van der Waals surface area contributed by atoms with Gasteiger partial charge in [0, 0.05) is 67.5 Å². The number of halogens is 3. The van der Waals surface area contributed by atoms with Crippen molar-refractivity contribution in [3.05, 3.63) is 46.0 Å². The van der Waals surface area contributed by atoms with Gasteiger partial charge in [-0.3, -0.25) is 4.90 Å². The Morgan fingerprint density at radius 2 is 1.78 bits per heavy atom. The van der Waals surface area contributed by atoms with E-state index in [4.69, 9.17) is 4.98 Å². The molecular weight excluding hydrogens is 700 g/mol. The lowest BCUT2D eigenvalue weighted by molar-refractivity contribution is -0.126. The maximum atomic E-state index is 13.2. The maximum Gasteiger partial charge on any atom is 0.393 e. The van der Waals surface area contributed by atoms with Crippen LogP contribution in [0.2, 0.25) is 0 Å². The van der Waals surface area contributed by atoms with Crippen molar-refractivity contribution in [2.75, 3.05) is 70.1 Å². The Morgan fingerprint density at radius 3 is 2.49 bits per heavy atom. The van der Waals surface area contributed by atoms with Gasteiger partial charge >= 0.3 is 6.18 Å². The number of nitrogens with zero attached hydrogens (tertiary/aromatic N) is 7. The lowest BCUT2D eigenvalue weighted by atomic mass is 9.86. The quantitative estimate of drug-likeness (QED) is 0.229. The molecule has 274 valence electrons. The third kappa shape index (κ3) is 7.28. The fourth-order valence-electron chi connectivity index (χ4n) is 8.32. The molecule has 11 nitrogen and oxygen atoms in total. The zero-order valence-corrected chi connectivity index (χ0v) is 30.8. The van der Waals surface area contributed by atoms with Crippen LogP contribution in [0.25, 0.3) is 21.1 Å². The standard InChI is InChI=1S/C35H44F3N9O2S2/c1-23-24(4-5-30-28(23)16-25(19-39)47(30)15-14-44-10-6-27(7-11-44)51(48,49)41-3)20-45-12-8-34(21-45)9-13-46(22-34)31-29-17-26(18-35(36,37)38)50-32(29)43-33(40-2)42-31/h4-5,16-17,27,41H,6-15,18,20-22H2,1-3H3,(H,40,42,43). The number of anilines is 2. The van der Waals surface area contributed by atoms with Gasteiger partial charge in [0.2, 0.25) is 16.0 Å². The van der Waals surface area contributed by atoms with Crippen molar-refractivity contribution in [1.29, 1.82) is 5.26 Å². The van der Waals surface area contributed by atoms with Crippen molar-refractivity contribution in [3.63, 3.8) is 0 Å². The zero-order chi connectivity index (χ0) is 36.1. The number of hydrogen-bond acceptors (Lipinski definition) is 10. The van der Waals surface area contributed by atoms with Gasteiger partial charge in [-0.1, -0.05) is 6.07 Å². The molecule has 0 amide bonds. The minimum Gasteiger partial charge on any atom is -0.357 e. The molecule has 3 aliphatic heterocycles. The largest absolute Gasteiger partial charge is 0.393 e. The van der Waals surface area contributed by atoms with Crippen LogP contribution in [0, 0.1) is 23.7 Å². The van der Waals surface area contributed by atoms with Crippen molar-refractivity contribution in [3.8, 4) is 6.07 Å². The number of aromatic nitrogens is 3. The molecule has 7 rings (SSSR count). The van der Waals surface area contributed by atoms with E-state index in [1.165, 1.54) is 18.2 Å². The number of hydrogen-bond donors (Lipinski definition) is 2. The number of thiophene rings is 1. The van der Waals surface area contributed by atoms with E-state index in [1.807, 2.05) is 6.07 Å². The van der Waals surface area contributed by atoms with Gasteiger partial charge in [-0.2, -0.15) is 23.4 Å². The highest BCUT2D eigenvalue weighted by Gasteiger charge is 2.44. The summed E-state index contributed by atoms with van der Waals surface area (Å²) < 4.78 is 68.6. The number of aryl methyl sites for hydroxylation is 1. The molecule has 3 fully saturated rings. The predicted molar refractivity (Wildman–Crippen MR) is 195 cm³/mol. The van der Waals surface area contributed by atoms with Gasteiger partial charge in [-0.25, -0.2) is 18.1 Å². The second-order valence-electron chi connectivity index (χ2n) is 14.3. The summed E-state index contributed by atoms with van der Waals surface area (Å²) in [7, 11) is -0.0717. The maximum absolute atomic E-state index is 13.2. The van der Waals surface area contributed by atoms with E-state index in [9.17, 15) is 26.9 Å². The lowest BCUT2D eigenvalue weighted by Crippen LogP contribution is -2.43. The van der Waals surface area contributed by atoms with Gasteiger partial charge < -0.3 is 19.7 Å². The Labute approximate surface area is 300 Å². The van der Waals surface area contributed by atoms with Crippen LogP contribution in [-0.4, -0.2) is 104 Å². The van der Waals surface area contributed by atoms with E-state index in [0.717, 1.165) is 74.3 Å². The number of rotatable bonds is 10. The van der Waals surface area contributed by atoms with Gasteiger partial charge in [-0.15, -0.1) is 11.3 Å². The number of alkyl halides is 3. The van der Waals surface area contributed by atoms with E-state index in [-0.39, 0.29) is 15.5 Å². The molecular formula is C35H44F3N9O2S2. The van der Waals surface area contributed by atoms with Crippen molar-refractivity contribution < 1.29 is 21.6 Å². The van der Waals surface area contributed by atoms with Gasteiger partial charge in [0.1, 0.15) is 22.4 Å². The second kappa shape index (κ2) is 13.8. The number of likely N-dealkylation sites (tertiary alicyclic amines) is 2. The topological polar surface area (TPSA) is 122 Å². The fraction of sp³-hybridized carbons (Fsp3) is 0.571. The number of nitriles is 1. The van der Waals surface area contributed by atoms with E-state index >= 15 is 0 Å². The highest BCUT2D eigenvalue weighted by molar-refractivity contribution is 7.90. The average Bonchev–Trinajstić information content (AvgIpc) is 3.89. The average molecular weight is 744 g/mol. The Hall–Kier alpha value is -3.49. The Balaban J connectivity index is 1.02. The third-order valence-corrected chi connectivity index (χ3v) is 14.1. The molecule has 16 heteroatoms. The summed E-state index contributed by atoms with van der Waals surface area (Å²) in [6, 6.07) is 10.3. The number of fused-ring (bicyclic) bond motifs is 2. The van der Waals surface area contributed by atoms with Crippen LogP contribution >= 0.6 is 11.3 Å². The minimum atomic E-state index is -4.28. The summed E-state index contributed by atoms with van der Waals surface area (Å²) >= 11 is 1.08. The van der Waals surface area contributed by atoms with Crippen LogP contribution in [0.5, 0.6) is 0 Å². The molecule has 2 N–H and O–H groups in total. The molecule has 0 radical (unpaired) electrons. The summed E-state index contributed by atoms with van der Waals surface area (Å²) in [5, 5.41) is 14.4. The van der Waals surface area contributed by atoms with Crippen LogP contribution < -0.4 is 14.9 Å². The number of nitrogens with one attached hydrogen (secondary N) is 2. The molecule has 1 unspecified atom stereocenters.